The number of hydrogen-bond donors (Lipinski definition) is 0. The van der Waals surface area contributed by atoms with Crippen molar-refractivity contribution < 1.29 is 14.3 Å². The third kappa shape index (κ3) is 5.04. The molecule has 0 aliphatic heterocycles. The summed E-state index contributed by atoms with van der Waals surface area (Å²) < 4.78 is 11.9. The Labute approximate surface area is 190 Å². The first-order chi connectivity index (χ1) is 14.4. The van der Waals surface area contributed by atoms with Gasteiger partial charge in [0.15, 0.2) is 5.69 Å². The summed E-state index contributed by atoms with van der Waals surface area (Å²) in [6, 6.07) is 3.69. The van der Waals surface area contributed by atoms with E-state index in [0.717, 1.165) is 10.2 Å². The molecule has 11 heteroatoms. The minimum atomic E-state index is -0.464. The molecule has 4 rings (SSSR count). The monoisotopic (exact) mass is 482 g/mol. The van der Waals surface area contributed by atoms with Gasteiger partial charge in [-0.05, 0) is 59.9 Å². The fraction of sp³-hybridized carbons (Fsp3) is 0.211. The third-order valence-corrected chi connectivity index (χ3v) is 5.76. The molecule has 0 bridgehead atoms. The lowest BCUT2D eigenvalue weighted by molar-refractivity contribution is 0.0522. The van der Waals surface area contributed by atoms with Crippen molar-refractivity contribution in [3.63, 3.8) is 0 Å². The highest BCUT2D eigenvalue weighted by Crippen LogP contribution is 2.28. The van der Waals surface area contributed by atoms with Gasteiger partial charge in [0.2, 0.25) is 10.6 Å². The molecule has 4 aromatic rings. The summed E-state index contributed by atoms with van der Waals surface area (Å²) in [4.78, 5) is 27.7. The van der Waals surface area contributed by atoms with Crippen molar-refractivity contribution in [2.24, 2.45) is 0 Å². The number of hydrogen-bond acceptors (Lipinski definition) is 9. The average molecular weight is 483 g/mol. The molecule has 7 nitrogen and oxygen atoms in total. The van der Waals surface area contributed by atoms with Gasteiger partial charge in [-0.25, -0.2) is 24.7 Å². The van der Waals surface area contributed by atoms with E-state index in [1.165, 1.54) is 11.3 Å². The SMILES string of the molecule is C=C(OCC)c1nc(Cl)nc2ccsc12.CCOC(=O)c1nc(Cl)nc2ccsc12. The van der Waals surface area contributed by atoms with Crippen LogP contribution in [0.25, 0.3) is 26.2 Å². The van der Waals surface area contributed by atoms with E-state index in [2.05, 4.69) is 26.5 Å². The zero-order valence-electron chi connectivity index (χ0n) is 16.0. The van der Waals surface area contributed by atoms with Crippen LogP contribution in [-0.2, 0) is 9.47 Å². The highest BCUT2D eigenvalue weighted by atomic mass is 35.5. The number of esters is 1. The summed E-state index contributed by atoms with van der Waals surface area (Å²) in [6.45, 7) is 8.34. The van der Waals surface area contributed by atoms with Crippen LogP contribution in [0.3, 0.4) is 0 Å². The second-order valence-electron chi connectivity index (χ2n) is 5.53. The number of ether oxygens (including phenoxy) is 2. The molecule has 0 amide bonds. The molecule has 0 aromatic carbocycles. The van der Waals surface area contributed by atoms with E-state index in [9.17, 15) is 4.79 Å². The minimum Gasteiger partial charge on any atom is -0.492 e. The molecule has 0 fully saturated rings. The standard InChI is InChI=1S/C10H9ClN2OS.C9H7ClN2O2S/c1-3-14-6(2)8-9-7(4-5-15-9)12-10(11)13-8;1-2-14-8(13)6-7-5(3-4-15-7)11-9(10)12-6/h4-5H,2-3H2,1H3;3-4H,2H2,1H3. The molecular formula is C19H16Cl2N4O3S2. The van der Waals surface area contributed by atoms with E-state index in [1.54, 1.807) is 24.3 Å². The number of aromatic nitrogens is 4. The number of thiophene rings is 2. The van der Waals surface area contributed by atoms with Crippen LogP contribution in [0.5, 0.6) is 0 Å². The Morgan fingerprint density at radius 2 is 1.40 bits per heavy atom. The molecule has 0 atom stereocenters. The van der Waals surface area contributed by atoms with E-state index < -0.39 is 5.97 Å². The van der Waals surface area contributed by atoms with Crippen molar-refractivity contribution in [3.05, 3.63) is 51.4 Å². The molecule has 30 heavy (non-hydrogen) atoms. The number of nitrogens with zero attached hydrogens (tertiary/aromatic N) is 4. The van der Waals surface area contributed by atoms with Crippen molar-refractivity contribution in [2.75, 3.05) is 13.2 Å². The fourth-order valence-corrected chi connectivity index (χ4v) is 4.44. The molecule has 4 aromatic heterocycles. The van der Waals surface area contributed by atoms with E-state index in [1.807, 2.05) is 23.8 Å². The molecule has 0 spiro atoms. The zero-order valence-corrected chi connectivity index (χ0v) is 19.2. The van der Waals surface area contributed by atoms with Crippen LogP contribution in [0.15, 0.2) is 29.5 Å². The summed E-state index contributed by atoms with van der Waals surface area (Å²) >= 11 is 14.5. The number of carbonyl (C=O) groups is 1. The van der Waals surface area contributed by atoms with Gasteiger partial charge in [0.05, 0.1) is 33.6 Å². The largest absolute Gasteiger partial charge is 0.492 e. The van der Waals surface area contributed by atoms with Crippen LogP contribution in [0.2, 0.25) is 10.6 Å². The van der Waals surface area contributed by atoms with Gasteiger partial charge in [-0.3, -0.25) is 0 Å². The van der Waals surface area contributed by atoms with Crippen LogP contribution in [0.4, 0.5) is 0 Å². The molecule has 0 radical (unpaired) electrons. The average Bonchev–Trinajstić information content (AvgIpc) is 3.36. The lowest BCUT2D eigenvalue weighted by Gasteiger charge is -2.06. The van der Waals surface area contributed by atoms with Gasteiger partial charge >= 0.3 is 5.97 Å². The number of carbonyl (C=O) groups excluding carboxylic acids is 1. The van der Waals surface area contributed by atoms with Gasteiger partial charge in [0, 0.05) is 0 Å². The maximum absolute atomic E-state index is 11.5. The zero-order chi connectivity index (χ0) is 21.7. The number of rotatable bonds is 5. The normalized spacial score (nSPS) is 10.5. The van der Waals surface area contributed by atoms with Crippen LogP contribution in [0.1, 0.15) is 30.0 Å². The second kappa shape index (κ2) is 10.1. The van der Waals surface area contributed by atoms with Crippen molar-refractivity contribution in [3.8, 4) is 0 Å². The number of fused-ring (bicyclic) bond motifs is 2. The molecule has 0 saturated heterocycles. The Hall–Kier alpha value is -2.33. The molecule has 0 aliphatic carbocycles. The maximum atomic E-state index is 11.5. The predicted octanol–water partition coefficient (Wildman–Crippen LogP) is 5.87. The predicted molar refractivity (Wildman–Crippen MR) is 121 cm³/mol. The molecule has 0 N–H and O–H groups in total. The summed E-state index contributed by atoms with van der Waals surface area (Å²) in [5.74, 6) is 0.0727. The van der Waals surface area contributed by atoms with Crippen molar-refractivity contribution in [1.82, 2.24) is 19.9 Å². The molecule has 0 aliphatic rings. The Balaban J connectivity index is 0.000000171. The van der Waals surface area contributed by atoms with Crippen LogP contribution in [0, 0.1) is 0 Å². The Morgan fingerprint density at radius 3 is 1.93 bits per heavy atom. The van der Waals surface area contributed by atoms with Gasteiger partial charge in [-0.15, -0.1) is 22.7 Å². The fourth-order valence-electron chi connectivity index (χ4n) is 2.44. The lowest BCUT2D eigenvalue weighted by Crippen LogP contribution is -2.07. The molecule has 4 heterocycles. The summed E-state index contributed by atoms with van der Waals surface area (Å²) in [6.07, 6.45) is 0. The summed E-state index contributed by atoms with van der Waals surface area (Å²) in [7, 11) is 0. The van der Waals surface area contributed by atoms with E-state index in [-0.39, 0.29) is 16.3 Å². The van der Waals surface area contributed by atoms with Gasteiger partial charge in [0.1, 0.15) is 11.5 Å². The third-order valence-electron chi connectivity index (χ3n) is 3.60. The van der Waals surface area contributed by atoms with E-state index >= 15 is 0 Å². The van der Waals surface area contributed by atoms with Crippen LogP contribution < -0.4 is 0 Å². The summed E-state index contributed by atoms with van der Waals surface area (Å²) in [5.41, 5.74) is 2.42. The topological polar surface area (TPSA) is 87.1 Å². The van der Waals surface area contributed by atoms with Gasteiger partial charge in [0.25, 0.3) is 0 Å². The highest BCUT2D eigenvalue weighted by Gasteiger charge is 2.16. The van der Waals surface area contributed by atoms with Crippen molar-refractivity contribution >= 4 is 78.0 Å². The van der Waals surface area contributed by atoms with Crippen molar-refractivity contribution in [2.45, 2.75) is 13.8 Å². The highest BCUT2D eigenvalue weighted by molar-refractivity contribution is 7.17. The molecule has 156 valence electrons. The van der Waals surface area contributed by atoms with E-state index in [4.69, 9.17) is 32.7 Å². The molecule has 0 saturated carbocycles. The Kier molecular flexibility index (Phi) is 7.54. The van der Waals surface area contributed by atoms with Crippen LogP contribution in [-0.4, -0.2) is 39.1 Å². The Bertz CT molecular complexity index is 1120. The van der Waals surface area contributed by atoms with E-state index in [0.29, 0.717) is 34.9 Å². The Morgan fingerprint density at radius 1 is 0.900 bits per heavy atom. The second-order valence-corrected chi connectivity index (χ2v) is 8.04. The van der Waals surface area contributed by atoms with Gasteiger partial charge < -0.3 is 9.47 Å². The number of halogens is 2. The quantitative estimate of drug-likeness (QED) is 0.199. The van der Waals surface area contributed by atoms with Gasteiger partial charge in [-0.1, -0.05) is 6.58 Å². The minimum absolute atomic E-state index is 0.0592. The van der Waals surface area contributed by atoms with Gasteiger partial charge in [-0.2, -0.15) is 0 Å². The van der Waals surface area contributed by atoms with Crippen LogP contribution >= 0.6 is 45.9 Å². The first-order valence-corrected chi connectivity index (χ1v) is 11.3. The maximum Gasteiger partial charge on any atom is 0.358 e. The molecule has 0 unspecified atom stereocenters. The summed E-state index contributed by atoms with van der Waals surface area (Å²) in [5, 5.41) is 4.05. The first-order valence-electron chi connectivity index (χ1n) is 8.75. The smallest absolute Gasteiger partial charge is 0.358 e. The molecular weight excluding hydrogens is 467 g/mol. The van der Waals surface area contributed by atoms with Crippen molar-refractivity contribution in [1.29, 1.82) is 0 Å². The lowest BCUT2D eigenvalue weighted by atomic mass is 10.3. The first kappa shape index (κ1) is 22.4.